The van der Waals surface area contributed by atoms with E-state index in [0.29, 0.717) is 11.0 Å². The Morgan fingerprint density at radius 2 is 1.84 bits per heavy atom. The summed E-state index contributed by atoms with van der Waals surface area (Å²) in [5, 5.41) is 17.3. The van der Waals surface area contributed by atoms with Crippen molar-refractivity contribution in [2.24, 2.45) is 5.73 Å². The quantitative estimate of drug-likeness (QED) is 0.518. The number of amides is 1. The fourth-order valence-electron chi connectivity index (χ4n) is 1.14. The van der Waals surface area contributed by atoms with Gasteiger partial charge in [-0.3, -0.25) is 9.78 Å². The molecule has 1 aromatic carbocycles. The predicted molar refractivity (Wildman–Crippen MR) is 81.7 cm³/mol. The molecule has 0 unspecified atom stereocenters. The van der Waals surface area contributed by atoms with Crippen LogP contribution in [0.3, 0.4) is 0 Å². The van der Waals surface area contributed by atoms with Crippen molar-refractivity contribution in [1.29, 1.82) is 0 Å². The number of hydrogen-bond acceptors (Lipinski definition) is 4. The maximum absolute atomic E-state index is 10.4. The second kappa shape index (κ2) is 7.87. The SMILES string of the molecule is NC(=O)c1cccnc1.OB(O)c1ccc(I)cc1. The van der Waals surface area contributed by atoms with Gasteiger partial charge in [-0.1, -0.05) is 12.1 Å². The summed E-state index contributed by atoms with van der Waals surface area (Å²) in [4.78, 5) is 14.1. The van der Waals surface area contributed by atoms with E-state index in [2.05, 4.69) is 27.6 Å². The first-order valence-corrected chi connectivity index (χ1v) is 6.40. The molecule has 98 valence electrons. The zero-order chi connectivity index (χ0) is 14.3. The summed E-state index contributed by atoms with van der Waals surface area (Å²) in [5.41, 5.74) is 5.91. The topological polar surface area (TPSA) is 96.4 Å². The smallest absolute Gasteiger partial charge is 0.423 e. The van der Waals surface area contributed by atoms with Gasteiger partial charge < -0.3 is 15.8 Å². The molecule has 5 nitrogen and oxygen atoms in total. The van der Waals surface area contributed by atoms with E-state index >= 15 is 0 Å². The Morgan fingerprint density at radius 1 is 1.21 bits per heavy atom. The van der Waals surface area contributed by atoms with Gasteiger partial charge in [0.2, 0.25) is 5.91 Å². The molecular weight excluding hydrogens is 358 g/mol. The van der Waals surface area contributed by atoms with E-state index in [4.69, 9.17) is 15.8 Å². The van der Waals surface area contributed by atoms with Gasteiger partial charge in [-0.05, 0) is 52.3 Å². The highest BCUT2D eigenvalue weighted by atomic mass is 127. The van der Waals surface area contributed by atoms with Crippen molar-refractivity contribution in [2.45, 2.75) is 0 Å². The summed E-state index contributed by atoms with van der Waals surface area (Å²) in [7, 11) is -1.35. The summed E-state index contributed by atoms with van der Waals surface area (Å²) in [6, 6.07) is 10.3. The number of aromatic nitrogens is 1. The van der Waals surface area contributed by atoms with E-state index in [1.165, 1.54) is 6.20 Å². The molecule has 0 aliphatic rings. The van der Waals surface area contributed by atoms with E-state index in [9.17, 15) is 4.79 Å². The van der Waals surface area contributed by atoms with Crippen LogP contribution < -0.4 is 11.2 Å². The van der Waals surface area contributed by atoms with E-state index < -0.39 is 13.0 Å². The van der Waals surface area contributed by atoms with Gasteiger partial charge in [-0.15, -0.1) is 0 Å². The number of carbonyl (C=O) groups excluding carboxylic acids is 1. The first kappa shape index (κ1) is 15.6. The fraction of sp³-hybridized carbons (Fsp3) is 0. The summed E-state index contributed by atoms with van der Waals surface area (Å²) in [6.45, 7) is 0. The number of rotatable bonds is 2. The van der Waals surface area contributed by atoms with E-state index in [1.807, 2.05) is 12.1 Å². The largest absolute Gasteiger partial charge is 0.488 e. The molecule has 0 saturated carbocycles. The van der Waals surface area contributed by atoms with E-state index in [0.717, 1.165) is 3.57 Å². The van der Waals surface area contributed by atoms with Crippen molar-refractivity contribution < 1.29 is 14.8 Å². The summed E-state index contributed by atoms with van der Waals surface area (Å²) in [5.74, 6) is -0.442. The Bertz CT molecular complexity index is 520. The number of pyridine rings is 1. The average molecular weight is 370 g/mol. The highest BCUT2D eigenvalue weighted by molar-refractivity contribution is 14.1. The van der Waals surface area contributed by atoms with Crippen molar-refractivity contribution in [3.63, 3.8) is 0 Å². The highest BCUT2D eigenvalue weighted by Gasteiger charge is 2.08. The van der Waals surface area contributed by atoms with Gasteiger partial charge in [0.25, 0.3) is 0 Å². The van der Waals surface area contributed by atoms with Gasteiger partial charge in [0, 0.05) is 16.0 Å². The third-order valence-electron chi connectivity index (χ3n) is 2.11. The number of primary amides is 1. The molecule has 0 saturated heterocycles. The first-order chi connectivity index (χ1) is 9.00. The third-order valence-corrected chi connectivity index (χ3v) is 2.83. The van der Waals surface area contributed by atoms with Gasteiger partial charge in [0.15, 0.2) is 0 Å². The van der Waals surface area contributed by atoms with E-state index in [1.54, 1.807) is 30.5 Å². The molecule has 7 heteroatoms. The standard InChI is InChI=1S/C6H6BIO2.C6H6N2O/c8-6-3-1-5(2-4-6)7(9)10;7-6(9)5-2-1-3-8-4-5/h1-4,9-10H;1-4H,(H2,7,9). The van der Waals surface area contributed by atoms with Crippen LogP contribution in [0.15, 0.2) is 48.8 Å². The molecule has 0 bridgehead atoms. The van der Waals surface area contributed by atoms with Crippen LogP contribution in [0.1, 0.15) is 10.4 Å². The normalized spacial score (nSPS) is 9.21. The number of nitrogens with zero attached hydrogens (tertiary/aromatic N) is 1. The Balaban J connectivity index is 0.000000191. The van der Waals surface area contributed by atoms with Crippen LogP contribution in [0.2, 0.25) is 0 Å². The van der Waals surface area contributed by atoms with Crippen LogP contribution in [-0.4, -0.2) is 28.1 Å². The van der Waals surface area contributed by atoms with Crippen LogP contribution >= 0.6 is 22.6 Å². The zero-order valence-corrected chi connectivity index (χ0v) is 12.1. The monoisotopic (exact) mass is 370 g/mol. The predicted octanol–water partition coefficient (Wildman–Crippen LogP) is 0.152. The van der Waals surface area contributed by atoms with Crippen LogP contribution in [0, 0.1) is 3.57 Å². The molecule has 2 rings (SSSR count). The van der Waals surface area contributed by atoms with Gasteiger partial charge in [-0.25, -0.2) is 0 Å². The van der Waals surface area contributed by atoms with Gasteiger partial charge in [0.1, 0.15) is 0 Å². The Labute approximate surface area is 124 Å². The van der Waals surface area contributed by atoms with Crippen LogP contribution in [0.25, 0.3) is 0 Å². The van der Waals surface area contributed by atoms with Gasteiger partial charge in [-0.2, -0.15) is 0 Å². The summed E-state index contributed by atoms with van der Waals surface area (Å²) >= 11 is 2.16. The fourth-order valence-corrected chi connectivity index (χ4v) is 1.50. The lowest BCUT2D eigenvalue weighted by molar-refractivity contribution is 0.1000. The lowest BCUT2D eigenvalue weighted by Crippen LogP contribution is -2.29. The number of hydrogen-bond donors (Lipinski definition) is 3. The van der Waals surface area contributed by atoms with Crippen molar-refractivity contribution >= 4 is 41.1 Å². The minimum atomic E-state index is -1.35. The number of carbonyl (C=O) groups is 1. The maximum Gasteiger partial charge on any atom is 0.488 e. The Morgan fingerprint density at radius 3 is 2.21 bits per heavy atom. The second-order valence-corrected chi connectivity index (χ2v) is 4.78. The maximum atomic E-state index is 10.4. The average Bonchev–Trinajstić information content (AvgIpc) is 2.41. The molecule has 0 aliphatic carbocycles. The molecule has 1 heterocycles. The Hall–Kier alpha value is -1.45. The number of nitrogens with two attached hydrogens (primary N) is 1. The summed E-state index contributed by atoms with van der Waals surface area (Å²) in [6.07, 6.45) is 3.02. The zero-order valence-electron chi connectivity index (χ0n) is 9.90. The molecule has 0 radical (unpaired) electrons. The third kappa shape index (κ3) is 5.82. The minimum absolute atomic E-state index is 0.442. The van der Waals surface area contributed by atoms with Crippen molar-refractivity contribution in [3.8, 4) is 0 Å². The highest BCUT2D eigenvalue weighted by Crippen LogP contribution is 1.99. The van der Waals surface area contributed by atoms with E-state index in [-0.39, 0.29) is 0 Å². The van der Waals surface area contributed by atoms with Crippen molar-refractivity contribution in [2.75, 3.05) is 0 Å². The van der Waals surface area contributed by atoms with Crippen LogP contribution in [0.5, 0.6) is 0 Å². The summed E-state index contributed by atoms with van der Waals surface area (Å²) < 4.78 is 1.09. The molecule has 1 amide bonds. The molecule has 0 fully saturated rings. The van der Waals surface area contributed by atoms with Crippen LogP contribution in [0.4, 0.5) is 0 Å². The van der Waals surface area contributed by atoms with Crippen molar-refractivity contribution in [1.82, 2.24) is 4.98 Å². The molecule has 4 N–H and O–H groups in total. The minimum Gasteiger partial charge on any atom is -0.423 e. The second-order valence-electron chi connectivity index (χ2n) is 3.53. The molecular formula is C12H12BIN2O3. The molecule has 2 aromatic rings. The van der Waals surface area contributed by atoms with Crippen LogP contribution in [-0.2, 0) is 0 Å². The van der Waals surface area contributed by atoms with Gasteiger partial charge in [0.05, 0.1) is 5.56 Å². The van der Waals surface area contributed by atoms with Gasteiger partial charge >= 0.3 is 7.12 Å². The first-order valence-electron chi connectivity index (χ1n) is 5.32. The lowest BCUT2D eigenvalue weighted by atomic mass is 9.81. The molecule has 0 spiro atoms. The molecule has 1 aromatic heterocycles. The Kier molecular flexibility index (Phi) is 6.47. The number of halogens is 1. The lowest BCUT2D eigenvalue weighted by Gasteiger charge is -1.96. The molecule has 19 heavy (non-hydrogen) atoms. The van der Waals surface area contributed by atoms with Crippen molar-refractivity contribution in [3.05, 3.63) is 57.9 Å². The molecule has 0 aliphatic heterocycles. The molecule has 0 atom stereocenters. The number of benzene rings is 1.